The Morgan fingerprint density at radius 1 is 1.25 bits per heavy atom. The van der Waals surface area contributed by atoms with Crippen LogP contribution in [0.5, 0.6) is 0 Å². The second-order valence-electron chi connectivity index (χ2n) is 3.00. The van der Waals surface area contributed by atoms with Crippen LogP contribution in [-0.2, 0) is 0 Å². The molecule has 1 heterocycles. The van der Waals surface area contributed by atoms with Crippen molar-refractivity contribution in [3.63, 3.8) is 0 Å². The highest BCUT2D eigenvalue weighted by atomic mass is 35.5. The van der Waals surface area contributed by atoms with Crippen molar-refractivity contribution >= 4 is 23.1 Å². The van der Waals surface area contributed by atoms with Gasteiger partial charge in [0.25, 0.3) is 0 Å². The third-order valence-electron chi connectivity index (χ3n) is 1.92. The molecule has 1 N–H and O–H groups in total. The standard InChI is InChI=1S/C11H7ClN4/c12-11-14-7-8(6-13)10(16-11)15-9-4-2-1-3-5-9/h1-5,7H,(H,14,15,16). The molecule has 2 rings (SSSR count). The molecule has 0 atom stereocenters. The summed E-state index contributed by atoms with van der Waals surface area (Å²) < 4.78 is 0. The summed E-state index contributed by atoms with van der Waals surface area (Å²) in [6.07, 6.45) is 1.39. The summed E-state index contributed by atoms with van der Waals surface area (Å²) in [7, 11) is 0. The molecule has 0 bridgehead atoms. The highest BCUT2D eigenvalue weighted by molar-refractivity contribution is 6.28. The predicted molar refractivity (Wildman–Crippen MR) is 61.5 cm³/mol. The molecular weight excluding hydrogens is 224 g/mol. The Bertz CT molecular complexity index is 533. The lowest BCUT2D eigenvalue weighted by Crippen LogP contribution is -1.98. The number of hydrogen-bond acceptors (Lipinski definition) is 4. The number of aromatic nitrogens is 2. The van der Waals surface area contributed by atoms with E-state index in [4.69, 9.17) is 16.9 Å². The van der Waals surface area contributed by atoms with Crippen LogP contribution in [0.3, 0.4) is 0 Å². The monoisotopic (exact) mass is 230 g/mol. The van der Waals surface area contributed by atoms with Gasteiger partial charge in [-0.3, -0.25) is 0 Å². The number of hydrogen-bond donors (Lipinski definition) is 1. The van der Waals surface area contributed by atoms with Gasteiger partial charge >= 0.3 is 0 Å². The zero-order valence-electron chi connectivity index (χ0n) is 8.18. The van der Waals surface area contributed by atoms with E-state index >= 15 is 0 Å². The van der Waals surface area contributed by atoms with Crippen LogP contribution in [0.2, 0.25) is 5.28 Å². The number of anilines is 2. The average molecular weight is 231 g/mol. The molecule has 0 fully saturated rings. The Labute approximate surface area is 97.5 Å². The van der Waals surface area contributed by atoms with E-state index in [0.29, 0.717) is 11.4 Å². The van der Waals surface area contributed by atoms with E-state index in [1.54, 1.807) is 0 Å². The Balaban J connectivity index is 2.35. The maximum atomic E-state index is 8.87. The first-order valence-corrected chi connectivity index (χ1v) is 4.92. The van der Waals surface area contributed by atoms with Gasteiger partial charge in [-0.25, -0.2) is 4.98 Å². The number of nitriles is 1. The fourth-order valence-electron chi connectivity index (χ4n) is 1.20. The Hall–Kier alpha value is -2.12. The van der Waals surface area contributed by atoms with Crippen LogP contribution >= 0.6 is 11.6 Å². The number of para-hydroxylation sites is 1. The molecule has 0 aliphatic rings. The molecule has 5 heteroatoms. The molecule has 0 amide bonds. The molecule has 4 nitrogen and oxygen atoms in total. The van der Waals surface area contributed by atoms with Crippen molar-refractivity contribution in [3.8, 4) is 6.07 Å². The lowest BCUT2D eigenvalue weighted by molar-refractivity contribution is 1.15. The normalized spacial score (nSPS) is 9.50. The highest BCUT2D eigenvalue weighted by Crippen LogP contribution is 2.18. The number of benzene rings is 1. The van der Waals surface area contributed by atoms with Crippen LogP contribution in [0, 0.1) is 11.3 Å². The quantitative estimate of drug-likeness (QED) is 0.806. The molecule has 0 radical (unpaired) electrons. The Kier molecular flexibility index (Phi) is 2.99. The van der Waals surface area contributed by atoms with Crippen molar-refractivity contribution in [1.29, 1.82) is 5.26 Å². The van der Waals surface area contributed by atoms with E-state index in [1.165, 1.54) is 6.20 Å². The van der Waals surface area contributed by atoms with Crippen molar-refractivity contribution in [2.24, 2.45) is 0 Å². The lowest BCUT2D eigenvalue weighted by Gasteiger charge is -2.06. The second kappa shape index (κ2) is 4.60. The summed E-state index contributed by atoms with van der Waals surface area (Å²) >= 11 is 5.67. The summed E-state index contributed by atoms with van der Waals surface area (Å²) in [6.45, 7) is 0. The first-order valence-electron chi connectivity index (χ1n) is 4.54. The van der Waals surface area contributed by atoms with Gasteiger partial charge in [-0.1, -0.05) is 18.2 Å². The van der Waals surface area contributed by atoms with Crippen LogP contribution in [-0.4, -0.2) is 9.97 Å². The largest absolute Gasteiger partial charge is 0.339 e. The fourth-order valence-corrected chi connectivity index (χ4v) is 1.33. The Morgan fingerprint density at radius 2 is 2.00 bits per heavy atom. The van der Waals surface area contributed by atoms with Crippen molar-refractivity contribution in [3.05, 3.63) is 47.4 Å². The topological polar surface area (TPSA) is 61.6 Å². The minimum Gasteiger partial charge on any atom is -0.339 e. The molecular formula is C11H7ClN4. The summed E-state index contributed by atoms with van der Waals surface area (Å²) in [6, 6.07) is 11.4. The van der Waals surface area contributed by atoms with Gasteiger partial charge in [-0.05, 0) is 23.7 Å². The number of nitrogens with zero attached hydrogens (tertiary/aromatic N) is 3. The van der Waals surface area contributed by atoms with Gasteiger partial charge in [0.15, 0.2) is 5.82 Å². The average Bonchev–Trinajstić information content (AvgIpc) is 2.31. The second-order valence-corrected chi connectivity index (χ2v) is 3.34. The number of rotatable bonds is 2. The van der Waals surface area contributed by atoms with Gasteiger partial charge in [-0.15, -0.1) is 0 Å². The molecule has 0 saturated carbocycles. The van der Waals surface area contributed by atoms with Gasteiger partial charge in [0.1, 0.15) is 11.6 Å². The van der Waals surface area contributed by atoms with Crippen LogP contribution < -0.4 is 5.32 Å². The number of nitrogens with one attached hydrogen (secondary N) is 1. The molecule has 0 unspecified atom stereocenters. The predicted octanol–water partition coefficient (Wildman–Crippen LogP) is 2.75. The molecule has 78 valence electrons. The van der Waals surface area contributed by atoms with Crippen molar-refractivity contribution in [2.45, 2.75) is 0 Å². The summed E-state index contributed by atoms with van der Waals surface area (Å²) in [5.74, 6) is 0.411. The van der Waals surface area contributed by atoms with E-state index in [-0.39, 0.29) is 5.28 Å². The van der Waals surface area contributed by atoms with Gasteiger partial charge in [0, 0.05) is 5.69 Å². The van der Waals surface area contributed by atoms with E-state index < -0.39 is 0 Å². The minimum absolute atomic E-state index is 0.109. The van der Waals surface area contributed by atoms with Crippen LogP contribution in [0.4, 0.5) is 11.5 Å². The molecule has 0 aliphatic heterocycles. The van der Waals surface area contributed by atoms with Gasteiger partial charge in [-0.2, -0.15) is 10.2 Å². The maximum Gasteiger partial charge on any atom is 0.224 e. The smallest absolute Gasteiger partial charge is 0.224 e. The number of halogens is 1. The minimum atomic E-state index is 0.109. The van der Waals surface area contributed by atoms with Gasteiger partial charge in [0.2, 0.25) is 5.28 Å². The third-order valence-corrected chi connectivity index (χ3v) is 2.10. The summed E-state index contributed by atoms with van der Waals surface area (Å²) in [4.78, 5) is 7.70. The summed E-state index contributed by atoms with van der Waals surface area (Å²) in [5, 5.41) is 12.0. The van der Waals surface area contributed by atoms with Crippen LogP contribution in [0.1, 0.15) is 5.56 Å². The lowest BCUT2D eigenvalue weighted by atomic mass is 10.3. The van der Waals surface area contributed by atoms with Gasteiger partial charge < -0.3 is 5.32 Å². The van der Waals surface area contributed by atoms with E-state index in [0.717, 1.165) is 5.69 Å². The molecule has 1 aromatic carbocycles. The maximum absolute atomic E-state index is 8.87. The first-order chi connectivity index (χ1) is 7.79. The van der Waals surface area contributed by atoms with Crippen molar-refractivity contribution in [1.82, 2.24) is 9.97 Å². The summed E-state index contributed by atoms with van der Waals surface area (Å²) in [5.41, 5.74) is 1.20. The molecule has 1 aromatic heterocycles. The van der Waals surface area contributed by atoms with Crippen LogP contribution in [0.15, 0.2) is 36.5 Å². The molecule has 0 saturated heterocycles. The molecule has 0 spiro atoms. The van der Waals surface area contributed by atoms with Crippen molar-refractivity contribution in [2.75, 3.05) is 5.32 Å². The van der Waals surface area contributed by atoms with E-state index in [1.807, 2.05) is 36.4 Å². The van der Waals surface area contributed by atoms with Crippen LogP contribution in [0.25, 0.3) is 0 Å². The Morgan fingerprint density at radius 3 is 2.69 bits per heavy atom. The zero-order chi connectivity index (χ0) is 11.4. The third kappa shape index (κ3) is 2.27. The highest BCUT2D eigenvalue weighted by Gasteiger charge is 2.05. The zero-order valence-corrected chi connectivity index (χ0v) is 8.94. The molecule has 16 heavy (non-hydrogen) atoms. The fraction of sp³-hybridized carbons (Fsp3) is 0. The van der Waals surface area contributed by atoms with E-state index in [2.05, 4.69) is 15.3 Å². The molecule has 0 aliphatic carbocycles. The van der Waals surface area contributed by atoms with E-state index in [9.17, 15) is 0 Å². The first kappa shape index (κ1) is 10.4. The van der Waals surface area contributed by atoms with Gasteiger partial charge in [0.05, 0.1) is 6.20 Å². The van der Waals surface area contributed by atoms with Crippen molar-refractivity contribution < 1.29 is 0 Å². The molecule has 2 aromatic rings. The SMILES string of the molecule is N#Cc1cnc(Cl)nc1Nc1ccccc1.